The number of aliphatic hydroxyl groups is 1. The first-order chi connectivity index (χ1) is 10.1. The van der Waals surface area contributed by atoms with Crippen molar-refractivity contribution in [2.24, 2.45) is 0 Å². The minimum Gasteiger partial charge on any atom is -0.395 e. The first kappa shape index (κ1) is 15.8. The number of halogens is 2. The normalized spacial score (nSPS) is 16.9. The van der Waals surface area contributed by atoms with E-state index in [2.05, 4.69) is 10.2 Å². The van der Waals surface area contributed by atoms with E-state index in [1.165, 1.54) is 6.07 Å². The third-order valence-electron chi connectivity index (χ3n) is 3.48. The molecule has 0 aromatic heterocycles. The second kappa shape index (κ2) is 7.44. The number of nitrogens with zero attached hydrogens (tertiary/aromatic N) is 2. The molecule has 1 fully saturated rings. The van der Waals surface area contributed by atoms with E-state index >= 15 is 0 Å². The van der Waals surface area contributed by atoms with E-state index in [0.717, 1.165) is 25.2 Å². The highest BCUT2D eigenvalue weighted by Crippen LogP contribution is 2.17. The molecule has 1 heterocycles. The number of benzene rings is 1. The molecule has 2 rings (SSSR count). The summed E-state index contributed by atoms with van der Waals surface area (Å²) in [6.45, 7) is 3.75. The van der Waals surface area contributed by atoms with E-state index in [-0.39, 0.29) is 13.2 Å². The van der Waals surface area contributed by atoms with Crippen molar-refractivity contribution in [3.8, 4) is 0 Å². The van der Waals surface area contributed by atoms with Crippen LogP contribution >= 0.6 is 0 Å². The number of anilines is 1. The minimum atomic E-state index is -0.781. The number of nitrogens with one attached hydrogen (secondary N) is 1. The van der Waals surface area contributed by atoms with Crippen LogP contribution in [0.3, 0.4) is 0 Å². The molecule has 1 aliphatic heterocycles. The van der Waals surface area contributed by atoms with Crippen molar-refractivity contribution in [1.29, 1.82) is 0 Å². The second-order valence-corrected chi connectivity index (χ2v) is 4.99. The number of amides is 1. The molecule has 21 heavy (non-hydrogen) atoms. The maximum Gasteiger partial charge on any atom is 0.238 e. The van der Waals surface area contributed by atoms with Gasteiger partial charge >= 0.3 is 0 Å². The Kier molecular flexibility index (Phi) is 5.60. The fourth-order valence-corrected chi connectivity index (χ4v) is 2.31. The van der Waals surface area contributed by atoms with Crippen LogP contribution < -0.4 is 5.32 Å². The number of aliphatic hydroxyl groups excluding tert-OH is 1. The molecule has 1 aliphatic rings. The van der Waals surface area contributed by atoms with Gasteiger partial charge in [0.25, 0.3) is 0 Å². The Balaban J connectivity index is 1.83. The van der Waals surface area contributed by atoms with Crippen LogP contribution in [-0.2, 0) is 4.79 Å². The summed E-state index contributed by atoms with van der Waals surface area (Å²) in [5.74, 6) is -2.00. The van der Waals surface area contributed by atoms with Crippen molar-refractivity contribution in [1.82, 2.24) is 9.80 Å². The number of rotatable bonds is 5. The van der Waals surface area contributed by atoms with Crippen molar-refractivity contribution < 1.29 is 18.7 Å². The van der Waals surface area contributed by atoms with Gasteiger partial charge < -0.3 is 10.4 Å². The van der Waals surface area contributed by atoms with Crippen molar-refractivity contribution in [3.63, 3.8) is 0 Å². The fourth-order valence-electron chi connectivity index (χ4n) is 2.31. The molecule has 1 amide bonds. The summed E-state index contributed by atoms with van der Waals surface area (Å²) in [5.41, 5.74) is -0.401. The Morgan fingerprint density at radius 2 is 1.71 bits per heavy atom. The monoisotopic (exact) mass is 299 g/mol. The van der Waals surface area contributed by atoms with Gasteiger partial charge in [0.2, 0.25) is 5.91 Å². The molecule has 5 nitrogen and oxygen atoms in total. The van der Waals surface area contributed by atoms with Gasteiger partial charge in [-0.1, -0.05) is 6.07 Å². The molecule has 0 unspecified atom stereocenters. The van der Waals surface area contributed by atoms with Crippen LogP contribution in [-0.4, -0.2) is 66.7 Å². The van der Waals surface area contributed by atoms with Crippen LogP contribution in [0, 0.1) is 11.6 Å². The molecule has 7 heteroatoms. The number of β-amino-alcohol motifs (C(OH)–C–C–N with tert-alkyl or cyclic N) is 1. The Morgan fingerprint density at radius 1 is 1.14 bits per heavy atom. The number of carbonyl (C=O) groups is 1. The molecule has 0 bridgehead atoms. The summed E-state index contributed by atoms with van der Waals surface area (Å²) in [7, 11) is 0. The topological polar surface area (TPSA) is 55.8 Å². The second-order valence-electron chi connectivity index (χ2n) is 4.99. The average molecular weight is 299 g/mol. The summed E-state index contributed by atoms with van der Waals surface area (Å²) in [4.78, 5) is 15.9. The van der Waals surface area contributed by atoms with Gasteiger partial charge in [-0.3, -0.25) is 14.6 Å². The van der Waals surface area contributed by atoms with E-state index in [0.29, 0.717) is 19.6 Å². The van der Waals surface area contributed by atoms with Crippen LogP contribution in [0.1, 0.15) is 0 Å². The van der Waals surface area contributed by atoms with E-state index < -0.39 is 23.2 Å². The van der Waals surface area contributed by atoms with Crippen LogP contribution in [0.15, 0.2) is 18.2 Å². The molecule has 1 aromatic rings. The fraction of sp³-hybridized carbons (Fsp3) is 0.500. The summed E-state index contributed by atoms with van der Waals surface area (Å²) in [6, 6.07) is 3.46. The van der Waals surface area contributed by atoms with Crippen molar-refractivity contribution >= 4 is 11.6 Å². The first-order valence-electron chi connectivity index (χ1n) is 6.89. The van der Waals surface area contributed by atoms with Crippen molar-refractivity contribution in [2.45, 2.75) is 0 Å². The molecular weight excluding hydrogens is 280 g/mol. The molecule has 1 aromatic carbocycles. The largest absolute Gasteiger partial charge is 0.395 e. The summed E-state index contributed by atoms with van der Waals surface area (Å²) in [5, 5.41) is 11.1. The maximum atomic E-state index is 13.4. The van der Waals surface area contributed by atoms with Crippen LogP contribution in [0.25, 0.3) is 0 Å². The van der Waals surface area contributed by atoms with E-state index in [1.54, 1.807) is 0 Å². The zero-order valence-corrected chi connectivity index (χ0v) is 11.7. The third kappa shape index (κ3) is 4.45. The average Bonchev–Trinajstić information content (AvgIpc) is 2.45. The summed E-state index contributed by atoms with van der Waals surface area (Å²) in [6.07, 6.45) is 0. The van der Waals surface area contributed by atoms with Gasteiger partial charge in [0.15, 0.2) is 0 Å². The van der Waals surface area contributed by atoms with Gasteiger partial charge in [-0.05, 0) is 12.1 Å². The lowest BCUT2D eigenvalue weighted by molar-refractivity contribution is -0.117. The molecule has 0 spiro atoms. The summed E-state index contributed by atoms with van der Waals surface area (Å²) >= 11 is 0. The van der Waals surface area contributed by atoms with Gasteiger partial charge in [-0.2, -0.15) is 0 Å². The zero-order valence-electron chi connectivity index (χ0n) is 11.7. The number of para-hydroxylation sites is 1. The molecule has 2 N–H and O–H groups in total. The SMILES string of the molecule is O=C(CN1CCN(CCO)CC1)Nc1c(F)cccc1F. The first-order valence-corrected chi connectivity index (χ1v) is 6.89. The highest BCUT2D eigenvalue weighted by atomic mass is 19.1. The van der Waals surface area contributed by atoms with Crippen molar-refractivity contribution in [2.75, 3.05) is 51.2 Å². The van der Waals surface area contributed by atoms with Gasteiger partial charge in [0.1, 0.15) is 17.3 Å². The lowest BCUT2D eigenvalue weighted by atomic mass is 10.2. The van der Waals surface area contributed by atoms with Crippen molar-refractivity contribution in [3.05, 3.63) is 29.8 Å². The standard InChI is InChI=1S/C14H19F2N3O2/c15-11-2-1-3-12(16)14(11)17-13(21)10-19-6-4-18(5-7-19)8-9-20/h1-3,20H,4-10H2,(H,17,21). The predicted molar refractivity (Wildman–Crippen MR) is 75.0 cm³/mol. The van der Waals surface area contributed by atoms with Gasteiger partial charge in [-0.15, -0.1) is 0 Å². The van der Waals surface area contributed by atoms with E-state index in [4.69, 9.17) is 5.11 Å². The van der Waals surface area contributed by atoms with Gasteiger partial charge in [-0.25, -0.2) is 8.78 Å². The predicted octanol–water partition coefficient (Wildman–Crippen LogP) is 0.513. The molecular formula is C14H19F2N3O2. The molecule has 0 atom stereocenters. The molecule has 0 radical (unpaired) electrons. The van der Waals surface area contributed by atoms with Crippen LogP contribution in [0.4, 0.5) is 14.5 Å². The molecule has 116 valence electrons. The number of piperazine rings is 1. The Bertz CT molecular complexity index is 471. The highest BCUT2D eigenvalue weighted by Gasteiger charge is 2.19. The quantitative estimate of drug-likeness (QED) is 0.832. The number of carbonyl (C=O) groups excluding carboxylic acids is 1. The lowest BCUT2D eigenvalue weighted by Gasteiger charge is -2.33. The van der Waals surface area contributed by atoms with Crippen LogP contribution in [0.2, 0.25) is 0 Å². The highest BCUT2D eigenvalue weighted by molar-refractivity contribution is 5.92. The van der Waals surface area contributed by atoms with Gasteiger partial charge in [0.05, 0.1) is 13.2 Å². The Labute approximate surface area is 122 Å². The third-order valence-corrected chi connectivity index (χ3v) is 3.48. The van der Waals surface area contributed by atoms with Gasteiger partial charge in [0, 0.05) is 32.7 Å². The number of hydrogen-bond acceptors (Lipinski definition) is 4. The van der Waals surface area contributed by atoms with Crippen LogP contribution in [0.5, 0.6) is 0 Å². The van der Waals surface area contributed by atoms with E-state index in [1.807, 2.05) is 4.90 Å². The molecule has 1 saturated heterocycles. The lowest BCUT2D eigenvalue weighted by Crippen LogP contribution is -2.49. The Morgan fingerprint density at radius 3 is 2.29 bits per heavy atom. The molecule has 0 saturated carbocycles. The van der Waals surface area contributed by atoms with E-state index in [9.17, 15) is 13.6 Å². The Hall–Kier alpha value is -1.57. The minimum absolute atomic E-state index is 0.0980. The smallest absolute Gasteiger partial charge is 0.238 e. The summed E-state index contributed by atoms with van der Waals surface area (Å²) < 4.78 is 26.9. The molecule has 0 aliphatic carbocycles. The number of hydrogen-bond donors (Lipinski definition) is 2. The zero-order chi connectivity index (χ0) is 15.2. The maximum absolute atomic E-state index is 13.4.